The van der Waals surface area contributed by atoms with Crippen molar-refractivity contribution in [3.63, 3.8) is 0 Å². The number of sulfonamides is 1. The maximum absolute atomic E-state index is 10.5. The van der Waals surface area contributed by atoms with Gasteiger partial charge in [-0.2, -0.15) is 0 Å². The SMILES string of the molecule is CC(CCO)NCCS(N)(=O)=O. The highest BCUT2D eigenvalue weighted by molar-refractivity contribution is 7.89. The molecular weight excluding hydrogens is 180 g/mol. The Bertz CT molecular complexity index is 203. The Hall–Kier alpha value is -0.170. The second kappa shape index (κ2) is 5.47. The Morgan fingerprint density at radius 1 is 1.58 bits per heavy atom. The number of aliphatic hydroxyl groups excluding tert-OH is 1. The van der Waals surface area contributed by atoms with Crippen LogP contribution in [-0.2, 0) is 10.0 Å². The predicted octanol–water partition coefficient (Wildman–Crippen LogP) is -1.36. The third kappa shape index (κ3) is 7.93. The van der Waals surface area contributed by atoms with E-state index in [-0.39, 0.29) is 18.4 Å². The van der Waals surface area contributed by atoms with Gasteiger partial charge < -0.3 is 10.4 Å². The van der Waals surface area contributed by atoms with Crippen LogP contribution in [0.1, 0.15) is 13.3 Å². The standard InChI is InChI=1S/C6H16N2O3S/c1-6(2-4-9)8-3-5-12(7,10)11/h6,8-9H,2-5H2,1H3,(H2,7,10,11). The quantitative estimate of drug-likeness (QED) is 0.489. The topological polar surface area (TPSA) is 92.4 Å². The highest BCUT2D eigenvalue weighted by Crippen LogP contribution is 1.87. The fourth-order valence-electron chi connectivity index (χ4n) is 0.743. The van der Waals surface area contributed by atoms with Crippen molar-refractivity contribution in [2.24, 2.45) is 5.14 Å². The molecule has 0 saturated heterocycles. The summed E-state index contributed by atoms with van der Waals surface area (Å²) in [6.07, 6.45) is 0.616. The Labute approximate surface area is 73.0 Å². The van der Waals surface area contributed by atoms with Gasteiger partial charge in [0.25, 0.3) is 0 Å². The highest BCUT2D eigenvalue weighted by Gasteiger charge is 2.04. The van der Waals surface area contributed by atoms with Gasteiger partial charge in [0.05, 0.1) is 5.75 Å². The molecule has 0 aliphatic rings. The fourth-order valence-corrected chi connectivity index (χ4v) is 1.15. The zero-order valence-electron chi connectivity index (χ0n) is 7.16. The maximum Gasteiger partial charge on any atom is 0.210 e. The summed E-state index contributed by atoms with van der Waals surface area (Å²) >= 11 is 0. The van der Waals surface area contributed by atoms with E-state index in [0.29, 0.717) is 13.0 Å². The molecule has 0 saturated carbocycles. The van der Waals surface area contributed by atoms with Crippen LogP contribution in [0.2, 0.25) is 0 Å². The summed E-state index contributed by atoms with van der Waals surface area (Å²) in [6, 6.07) is 0.122. The van der Waals surface area contributed by atoms with E-state index in [1.807, 2.05) is 6.92 Å². The lowest BCUT2D eigenvalue weighted by atomic mass is 10.2. The molecule has 5 nitrogen and oxygen atoms in total. The minimum Gasteiger partial charge on any atom is -0.396 e. The number of rotatable bonds is 6. The van der Waals surface area contributed by atoms with Gasteiger partial charge >= 0.3 is 0 Å². The number of hydrogen-bond donors (Lipinski definition) is 3. The van der Waals surface area contributed by atoms with Crippen molar-refractivity contribution in [3.05, 3.63) is 0 Å². The minimum absolute atomic E-state index is 0.0667. The molecule has 1 unspecified atom stereocenters. The van der Waals surface area contributed by atoms with Gasteiger partial charge in [-0.1, -0.05) is 0 Å². The molecule has 0 aromatic heterocycles. The van der Waals surface area contributed by atoms with E-state index in [9.17, 15) is 8.42 Å². The van der Waals surface area contributed by atoms with Crippen molar-refractivity contribution in [2.75, 3.05) is 18.9 Å². The zero-order chi connectivity index (χ0) is 9.61. The number of hydrogen-bond acceptors (Lipinski definition) is 4. The summed E-state index contributed by atoms with van der Waals surface area (Å²) in [4.78, 5) is 0. The van der Waals surface area contributed by atoms with Crippen LogP contribution in [0.15, 0.2) is 0 Å². The van der Waals surface area contributed by atoms with Gasteiger partial charge in [-0.25, -0.2) is 13.6 Å². The molecule has 12 heavy (non-hydrogen) atoms. The average molecular weight is 196 g/mol. The predicted molar refractivity (Wildman–Crippen MR) is 47.1 cm³/mol. The molecule has 0 rings (SSSR count). The first-order chi connectivity index (χ1) is 5.45. The first-order valence-electron chi connectivity index (χ1n) is 3.80. The molecule has 0 aliphatic heterocycles. The van der Waals surface area contributed by atoms with Gasteiger partial charge in [-0.15, -0.1) is 0 Å². The summed E-state index contributed by atoms with van der Waals surface area (Å²) in [5, 5.41) is 16.2. The fraction of sp³-hybridized carbons (Fsp3) is 1.00. The van der Waals surface area contributed by atoms with Crippen LogP contribution in [-0.4, -0.2) is 38.5 Å². The van der Waals surface area contributed by atoms with Crippen molar-refractivity contribution in [1.82, 2.24) is 5.32 Å². The van der Waals surface area contributed by atoms with Crippen LogP contribution in [0, 0.1) is 0 Å². The van der Waals surface area contributed by atoms with Gasteiger partial charge in [0.2, 0.25) is 10.0 Å². The Kier molecular flexibility index (Phi) is 5.39. The summed E-state index contributed by atoms with van der Waals surface area (Å²) < 4.78 is 20.9. The number of nitrogens with one attached hydrogen (secondary N) is 1. The van der Waals surface area contributed by atoms with Crippen LogP contribution in [0.25, 0.3) is 0 Å². The molecule has 0 aromatic carbocycles. The second-order valence-electron chi connectivity index (χ2n) is 2.73. The molecule has 0 aliphatic carbocycles. The molecule has 0 amide bonds. The maximum atomic E-state index is 10.5. The molecule has 1 atom stereocenters. The van der Waals surface area contributed by atoms with Crippen molar-refractivity contribution in [2.45, 2.75) is 19.4 Å². The zero-order valence-corrected chi connectivity index (χ0v) is 7.97. The third-order valence-electron chi connectivity index (χ3n) is 1.44. The van der Waals surface area contributed by atoms with Crippen LogP contribution < -0.4 is 10.5 Å². The molecule has 0 bridgehead atoms. The lowest BCUT2D eigenvalue weighted by molar-refractivity contribution is 0.270. The van der Waals surface area contributed by atoms with Crippen molar-refractivity contribution >= 4 is 10.0 Å². The molecule has 0 heterocycles. The Balaban J connectivity index is 3.44. The monoisotopic (exact) mass is 196 g/mol. The molecule has 0 aromatic rings. The number of nitrogens with two attached hydrogens (primary N) is 1. The number of primary sulfonamides is 1. The van der Waals surface area contributed by atoms with E-state index in [1.165, 1.54) is 0 Å². The molecule has 0 fully saturated rings. The average Bonchev–Trinajstić information content (AvgIpc) is 1.84. The molecule has 4 N–H and O–H groups in total. The van der Waals surface area contributed by atoms with E-state index in [0.717, 1.165) is 0 Å². The van der Waals surface area contributed by atoms with Crippen molar-refractivity contribution in [1.29, 1.82) is 0 Å². The molecule has 0 radical (unpaired) electrons. The summed E-state index contributed by atoms with van der Waals surface area (Å²) in [5.74, 6) is -0.0667. The first-order valence-corrected chi connectivity index (χ1v) is 5.52. The van der Waals surface area contributed by atoms with Crippen LogP contribution in [0.5, 0.6) is 0 Å². The van der Waals surface area contributed by atoms with Crippen LogP contribution >= 0.6 is 0 Å². The lowest BCUT2D eigenvalue weighted by Crippen LogP contribution is -2.33. The van der Waals surface area contributed by atoms with E-state index in [2.05, 4.69) is 5.32 Å². The van der Waals surface area contributed by atoms with E-state index in [4.69, 9.17) is 10.2 Å². The van der Waals surface area contributed by atoms with E-state index < -0.39 is 10.0 Å². The van der Waals surface area contributed by atoms with Crippen molar-refractivity contribution in [3.8, 4) is 0 Å². The van der Waals surface area contributed by atoms with Crippen LogP contribution in [0.3, 0.4) is 0 Å². The second-order valence-corrected chi connectivity index (χ2v) is 4.47. The van der Waals surface area contributed by atoms with Gasteiger partial charge in [-0.05, 0) is 13.3 Å². The van der Waals surface area contributed by atoms with Gasteiger partial charge in [0, 0.05) is 19.2 Å². The van der Waals surface area contributed by atoms with E-state index in [1.54, 1.807) is 0 Å². The minimum atomic E-state index is -3.36. The number of aliphatic hydroxyl groups is 1. The van der Waals surface area contributed by atoms with Crippen molar-refractivity contribution < 1.29 is 13.5 Å². The van der Waals surface area contributed by atoms with E-state index >= 15 is 0 Å². The first kappa shape index (κ1) is 11.8. The lowest BCUT2D eigenvalue weighted by Gasteiger charge is -2.10. The van der Waals surface area contributed by atoms with Crippen LogP contribution in [0.4, 0.5) is 0 Å². The molecule has 6 heteroatoms. The smallest absolute Gasteiger partial charge is 0.210 e. The summed E-state index contributed by atoms with van der Waals surface area (Å²) in [5.41, 5.74) is 0. The van der Waals surface area contributed by atoms with Gasteiger partial charge in [-0.3, -0.25) is 0 Å². The summed E-state index contributed by atoms with van der Waals surface area (Å²) in [6.45, 7) is 2.31. The Morgan fingerprint density at radius 3 is 2.58 bits per heavy atom. The van der Waals surface area contributed by atoms with Gasteiger partial charge in [0.15, 0.2) is 0 Å². The third-order valence-corrected chi connectivity index (χ3v) is 2.21. The molecule has 74 valence electrons. The summed E-state index contributed by atoms with van der Waals surface area (Å²) in [7, 11) is -3.36. The highest BCUT2D eigenvalue weighted by atomic mass is 32.2. The Morgan fingerprint density at radius 2 is 2.17 bits per heavy atom. The normalized spacial score (nSPS) is 14.6. The molecule has 0 spiro atoms. The molecular formula is C6H16N2O3S. The largest absolute Gasteiger partial charge is 0.396 e. The van der Waals surface area contributed by atoms with Gasteiger partial charge in [0.1, 0.15) is 0 Å².